The van der Waals surface area contributed by atoms with Crippen LogP contribution in [0.3, 0.4) is 0 Å². The molecule has 18 heavy (non-hydrogen) atoms. The first-order valence-electron chi connectivity index (χ1n) is 5.53. The van der Waals surface area contributed by atoms with E-state index < -0.39 is 5.97 Å². The van der Waals surface area contributed by atoms with Gasteiger partial charge in [0.1, 0.15) is 5.69 Å². The second-order valence-corrected chi connectivity index (χ2v) is 7.03. The second kappa shape index (κ2) is 5.05. The fraction of sp³-hybridized carbons (Fsp3) is 0.308. The lowest BCUT2D eigenvalue weighted by Crippen LogP contribution is -2.24. The highest BCUT2D eigenvalue weighted by molar-refractivity contribution is 14.1. The lowest BCUT2D eigenvalue weighted by atomic mass is 9.91. The Morgan fingerprint density at radius 1 is 1.56 bits per heavy atom. The number of carbonyl (C=O) groups is 1. The molecule has 2 heterocycles. The molecule has 0 bridgehead atoms. The SMILES string of the molecule is CC(C)(Cn1cc(I)cc1C(=O)O)c1cccs1. The number of carboxylic acid groups (broad SMARTS) is 1. The van der Waals surface area contributed by atoms with E-state index in [0.29, 0.717) is 12.2 Å². The van der Waals surface area contributed by atoms with Crippen molar-refractivity contribution in [2.75, 3.05) is 0 Å². The monoisotopic (exact) mass is 375 g/mol. The molecule has 1 N–H and O–H groups in total. The van der Waals surface area contributed by atoms with Gasteiger partial charge in [0, 0.05) is 26.6 Å². The third-order valence-corrected chi connectivity index (χ3v) is 4.66. The quantitative estimate of drug-likeness (QED) is 0.826. The van der Waals surface area contributed by atoms with Gasteiger partial charge in [0.05, 0.1) is 0 Å². The molecule has 0 fully saturated rings. The maximum Gasteiger partial charge on any atom is 0.352 e. The third-order valence-electron chi connectivity index (χ3n) is 2.84. The zero-order valence-corrected chi connectivity index (χ0v) is 13.2. The van der Waals surface area contributed by atoms with Crippen molar-refractivity contribution in [1.29, 1.82) is 0 Å². The van der Waals surface area contributed by atoms with Crippen LogP contribution >= 0.6 is 33.9 Å². The molecular formula is C13H14INO2S. The molecule has 0 amide bonds. The summed E-state index contributed by atoms with van der Waals surface area (Å²) in [6, 6.07) is 5.83. The molecule has 0 spiro atoms. The van der Waals surface area contributed by atoms with Crippen molar-refractivity contribution < 1.29 is 9.90 Å². The molecule has 0 radical (unpaired) electrons. The maximum absolute atomic E-state index is 11.2. The largest absolute Gasteiger partial charge is 0.477 e. The van der Waals surface area contributed by atoms with E-state index >= 15 is 0 Å². The topological polar surface area (TPSA) is 42.2 Å². The number of halogens is 1. The molecule has 2 aromatic heterocycles. The van der Waals surface area contributed by atoms with Crippen molar-refractivity contribution in [3.05, 3.63) is 43.9 Å². The molecule has 0 aliphatic heterocycles. The van der Waals surface area contributed by atoms with Crippen LogP contribution in [-0.2, 0) is 12.0 Å². The summed E-state index contributed by atoms with van der Waals surface area (Å²) in [5, 5.41) is 11.2. The summed E-state index contributed by atoms with van der Waals surface area (Å²) in [6.45, 7) is 4.94. The Morgan fingerprint density at radius 2 is 2.28 bits per heavy atom. The van der Waals surface area contributed by atoms with Gasteiger partial charge >= 0.3 is 5.97 Å². The molecule has 0 aromatic carbocycles. The number of aromatic carboxylic acids is 1. The van der Waals surface area contributed by atoms with Gasteiger partial charge in [-0.25, -0.2) is 4.79 Å². The van der Waals surface area contributed by atoms with E-state index in [2.05, 4.69) is 47.9 Å². The standard InChI is InChI=1S/C13H14INO2S/c1-13(2,11-4-3-5-18-11)8-15-7-9(14)6-10(15)12(16)17/h3-7H,8H2,1-2H3,(H,16,17). The number of thiophene rings is 1. The minimum atomic E-state index is -0.875. The smallest absolute Gasteiger partial charge is 0.352 e. The minimum Gasteiger partial charge on any atom is -0.477 e. The van der Waals surface area contributed by atoms with Crippen LogP contribution in [0.2, 0.25) is 0 Å². The van der Waals surface area contributed by atoms with Gasteiger partial charge in [0.25, 0.3) is 0 Å². The lowest BCUT2D eigenvalue weighted by molar-refractivity contribution is 0.0684. The highest BCUT2D eigenvalue weighted by atomic mass is 127. The number of hydrogen-bond donors (Lipinski definition) is 1. The molecule has 0 aliphatic rings. The van der Waals surface area contributed by atoms with Crippen LogP contribution in [0.25, 0.3) is 0 Å². The molecule has 3 nitrogen and oxygen atoms in total. The second-order valence-electron chi connectivity index (χ2n) is 4.84. The fourth-order valence-corrected chi connectivity index (χ4v) is 3.43. The Labute approximate surface area is 124 Å². The minimum absolute atomic E-state index is 0.0690. The van der Waals surface area contributed by atoms with Crippen LogP contribution in [0.4, 0.5) is 0 Å². The normalized spacial score (nSPS) is 11.7. The van der Waals surface area contributed by atoms with Gasteiger partial charge in [-0.1, -0.05) is 19.9 Å². The Morgan fingerprint density at radius 3 is 2.83 bits per heavy atom. The first-order valence-corrected chi connectivity index (χ1v) is 7.49. The van der Waals surface area contributed by atoms with Crippen LogP contribution in [0.1, 0.15) is 29.2 Å². The molecule has 5 heteroatoms. The summed E-state index contributed by atoms with van der Waals surface area (Å²) in [5.41, 5.74) is 0.282. The van der Waals surface area contributed by atoms with Crippen molar-refractivity contribution >= 4 is 39.9 Å². The molecule has 2 rings (SSSR count). The Hall–Kier alpha value is -0.820. The third kappa shape index (κ3) is 2.77. The number of aromatic nitrogens is 1. The summed E-state index contributed by atoms with van der Waals surface area (Å²) in [7, 11) is 0. The molecule has 0 saturated heterocycles. The predicted molar refractivity (Wildman–Crippen MR) is 81.5 cm³/mol. The van der Waals surface area contributed by atoms with Crippen molar-refractivity contribution in [3.8, 4) is 0 Å². The van der Waals surface area contributed by atoms with Crippen molar-refractivity contribution in [3.63, 3.8) is 0 Å². The van der Waals surface area contributed by atoms with E-state index in [9.17, 15) is 9.90 Å². The van der Waals surface area contributed by atoms with E-state index in [1.165, 1.54) is 4.88 Å². The van der Waals surface area contributed by atoms with Gasteiger partial charge in [-0.15, -0.1) is 11.3 Å². The summed E-state index contributed by atoms with van der Waals surface area (Å²) < 4.78 is 2.77. The Bertz CT molecular complexity index is 558. The van der Waals surface area contributed by atoms with Crippen molar-refractivity contribution in [1.82, 2.24) is 4.57 Å². The first kappa shape index (κ1) is 13.6. The van der Waals surface area contributed by atoms with Crippen LogP contribution in [0.5, 0.6) is 0 Å². The zero-order chi connectivity index (χ0) is 13.3. The number of carboxylic acids is 1. The van der Waals surface area contributed by atoms with Gasteiger partial charge in [0.15, 0.2) is 0 Å². The Balaban J connectivity index is 2.32. The van der Waals surface area contributed by atoms with E-state index in [0.717, 1.165) is 3.57 Å². The summed E-state index contributed by atoms with van der Waals surface area (Å²) in [5.74, 6) is -0.875. The molecule has 2 aromatic rings. The average Bonchev–Trinajstić information content (AvgIpc) is 2.86. The Kier molecular flexibility index (Phi) is 3.82. The van der Waals surface area contributed by atoms with Crippen molar-refractivity contribution in [2.45, 2.75) is 25.8 Å². The lowest BCUT2D eigenvalue weighted by Gasteiger charge is -2.24. The van der Waals surface area contributed by atoms with E-state index in [-0.39, 0.29) is 5.41 Å². The number of rotatable bonds is 4. The van der Waals surface area contributed by atoms with Crippen LogP contribution in [0, 0.1) is 3.57 Å². The van der Waals surface area contributed by atoms with Gasteiger partial charge < -0.3 is 9.67 Å². The van der Waals surface area contributed by atoms with E-state index in [1.807, 2.05) is 16.8 Å². The molecule has 0 atom stereocenters. The van der Waals surface area contributed by atoms with Crippen molar-refractivity contribution in [2.24, 2.45) is 0 Å². The zero-order valence-electron chi connectivity index (χ0n) is 10.2. The van der Waals surface area contributed by atoms with Crippen LogP contribution in [-0.4, -0.2) is 15.6 Å². The van der Waals surface area contributed by atoms with Gasteiger partial charge in [-0.3, -0.25) is 0 Å². The highest BCUT2D eigenvalue weighted by Gasteiger charge is 2.24. The maximum atomic E-state index is 11.2. The molecule has 0 aliphatic carbocycles. The molecular weight excluding hydrogens is 361 g/mol. The molecule has 0 unspecified atom stereocenters. The van der Waals surface area contributed by atoms with E-state index in [4.69, 9.17) is 0 Å². The summed E-state index contributed by atoms with van der Waals surface area (Å²) >= 11 is 3.85. The van der Waals surface area contributed by atoms with Gasteiger partial charge in [-0.05, 0) is 40.1 Å². The predicted octanol–water partition coefficient (Wildman–Crippen LogP) is 3.83. The number of hydrogen-bond acceptors (Lipinski definition) is 2. The van der Waals surface area contributed by atoms with Gasteiger partial charge in [-0.2, -0.15) is 0 Å². The first-order chi connectivity index (χ1) is 8.40. The molecule has 0 saturated carbocycles. The average molecular weight is 375 g/mol. The van der Waals surface area contributed by atoms with Gasteiger partial charge in [0.2, 0.25) is 0 Å². The van der Waals surface area contributed by atoms with Crippen LogP contribution < -0.4 is 0 Å². The highest BCUT2D eigenvalue weighted by Crippen LogP contribution is 2.30. The summed E-state index contributed by atoms with van der Waals surface area (Å²) in [4.78, 5) is 12.5. The number of nitrogens with zero attached hydrogens (tertiary/aromatic N) is 1. The van der Waals surface area contributed by atoms with E-state index in [1.54, 1.807) is 17.4 Å². The fourth-order valence-electron chi connectivity index (χ4n) is 1.95. The summed E-state index contributed by atoms with van der Waals surface area (Å²) in [6.07, 6.45) is 1.89. The molecule has 96 valence electrons. The van der Waals surface area contributed by atoms with Crippen LogP contribution in [0.15, 0.2) is 29.8 Å².